The molecule has 0 fully saturated rings. The number of ketones is 1. The summed E-state index contributed by atoms with van der Waals surface area (Å²) in [4.78, 5) is 16.1. The Hall–Kier alpha value is -2.23. The van der Waals surface area contributed by atoms with E-state index in [1.807, 2.05) is 18.2 Å². The van der Waals surface area contributed by atoms with E-state index in [0.29, 0.717) is 6.42 Å². The molecule has 0 atom stereocenters. The largest absolute Gasteiger partial charge is 0.494 e. The molecule has 0 saturated heterocycles. The molecule has 2 rings (SSSR count). The average molecular weight is 259 g/mol. The van der Waals surface area contributed by atoms with Crippen molar-refractivity contribution in [3.8, 4) is 5.75 Å². The van der Waals surface area contributed by atoms with Gasteiger partial charge in [0.15, 0.2) is 17.3 Å². The van der Waals surface area contributed by atoms with Crippen LogP contribution in [0.4, 0.5) is 4.39 Å². The summed E-state index contributed by atoms with van der Waals surface area (Å²) in [6.45, 7) is 0. The molecule has 0 N–H and O–H groups in total. The molecule has 0 radical (unpaired) electrons. The molecule has 0 bridgehead atoms. The Balaban J connectivity index is 2.08. The molecule has 19 heavy (non-hydrogen) atoms. The number of carbonyl (C=O) groups is 1. The van der Waals surface area contributed by atoms with Crippen LogP contribution in [0.5, 0.6) is 5.75 Å². The summed E-state index contributed by atoms with van der Waals surface area (Å²) >= 11 is 0. The summed E-state index contributed by atoms with van der Waals surface area (Å²) in [5.74, 6) is -0.762. The second-order valence-corrected chi connectivity index (χ2v) is 4.07. The molecule has 0 aliphatic heterocycles. The van der Waals surface area contributed by atoms with Crippen LogP contribution in [-0.4, -0.2) is 17.9 Å². The number of nitrogens with zero attached hydrogens (tertiary/aromatic N) is 1. The van der Waals surface area contributed by atoms with E-state index in [9.17, 15) is 9.18 Å². The number of hydrogen-bond donors (Lipinski definition) is 0. The number of Topliss-reactive ketones (excluding diaryl/α,β-unsaturated/α-hetero) is 1. The molecule has 2 aromatic rings. The van der Waals surface area contributed by atoms with Gasteiger partial charge in [0.25, 0.3) is 0 Å². The number of hydrogen-bond acceptors (Lipinski definition) is 3. The van der Waals surface area contributed by atoms with Crippen molar-refractivity contribution < 1.29 is 13.9 Å². The van der Waals surface area contributed by atoms with Gasteiger partial charge in [0.05, 0.1) is 12.7 Å². The standard InChI is InChI=1S/C15H14FNO2/c1-19-14-7-4-6-12(15(14)16)13(18)9-8-11-5-2-3-10-17-11/h2-7,10H,8-9H2,1H3. The number of aromatic nitrogens is 1. The number of aryl methyl sites for hydroxylation is 1. The maximum Gasteiger partial charge on any atom is 0.175 e. The number of methoxy groups -OCH3 is 1. The zero-order valence-electron chi connectivity index (χ0n) is 10.6. The molecular formula is C15H14FNO2. The van der Waals surface area contributed by atoms with Gasteiger partial charge in [0.2, 0.25) is 0 Å². The fourth-order valence-electron chi connectivity index (χ4n) is 1.81. The first kappa shape index (κ1) is 13.2. The minimum Gasteiger partial charge on any atom is -0.494 e. The molecule has 0 unspecified atom stereocenters. The predicted octanol–water partition coefficient (Wildman–Crippen LogP) is 3.04. The average Bonchev–Trinajstić information content (AvgIpc) is 2.46. The molecule has 1 heterocycles. The fraction of sp³-hybridized carbons (Fsp3) is 0.200. The van der Waals surface area contributed by atoms with Gasteiger partial charge in [-0.25, -0.2) is 4.39 Å². The van der Waals surface area contributed by atoms with Gasteiger partial charge in [0, 0.05) is 18.3 Å². The lowest BCUT2D eigenvalue weighted by atomic mass is 10.0. The maximum atomic E-state index is 13.9. The minimum atomic E-state index is -0.601. The van der Waals surface area contributed by atoms with Crippen molar-refractivity contribution in [2.75, 3.05) is 7.11 Å². The predicted molar refractivity (Wildman–Crippen MR) is 69.8 cm³/mol. The molecule has 0 amide bonds. The number of benzene rings is 1. The summed E-state index contributed by atoms with van der Waals surface area (Å²) in [7, 11) is 1.38. The van der Waals surface area contributed by atoms with Crippen molar-refractivity contribution in [3.63, 3.8) is 0 Å². The normalized spacial score (nSPS) is 10.2. The summed E-state index contributed by atoms with van der Waals surface area (Å²) in [5, 5.41) is 0. The number of carbonyl (C=O) groups excluding carboxylic acids is 1. The Kier molecular flexibility index (Phi) is 4.23. The van der Waals surface area contributed by atoms with E-state index in [1.54, 1.807) is 12.3 Å². The van der Waals surface area contributed by atoms with E-state index >= 15 is 0 Å². The highest BCUT2D eigenvalue weighted by Crippen LogP contribution is 2.21. The first-order valence-corrected chi connectivity index (χ1v) is 5.98. The van der Waals surface area contributed by atoms with Crippen LogP contribution in [0, 0.1) is 5.82 Å². The highest BCUT2D eigenvalue weighted by atomic mass is 19.1. The van der Waals surface area contributed by atoms with Gasteiger partial charge in [0.1, 0.15) is 0 Å². The molecule has 98 valence electrons. The topological polar surface area (TPSA) is 39.2 Å². The van der Waals surface area contributed by atoms with Gasteiger partial charge in [-0.3, -0.25) is 9.78 Å². The van der Waals surface area contributed by atoms with Gasteiger partial charge >= 0.3 is 0 Å². The molecule has 0 spiro atoms. The minimum absolute atomic E-state index is 0.0651. The Labute approximate surface area is 111 Å². The lowest BCUT2D eigenvalue weighted by Crippen LogP contribution is -2.05. The van der Waals surface area contributed by atoms with E-state index in [0.717, 1.165) is 5.69 Å². The van der Waals surface area contributed by atoms with Crippen molar-refractivity contribution in [1.29, 1.82) is 0 Å². The number of halogens is 1. The Morgan fingerprint density at radius 3 is 2.79 bits per heavy atom. The Morgan fingerprint density at radius 2 is 2.11 bits per heavy atom. The van der Waals surface area contributed by atoms with Crippen molar-refractivity contribution in [2.24, 2.45) is 0 Å². The maximum absolute atomic E-state index is 13.9. The van der Waals surface area contributed by atoms with E-state index < -0.39 is 5.82 Å². The highest BCUT2D eigenvalue weighted by Gasteiger charge is 2.15. The Bertz CT molecular complexity index is 570. The molecule has 1 aromatic carbocycles. The SMILES string of the molecule is COc1cccc(C(=O)CCc2ccccn2)c1F. The highest BCUT2D eigenvalue weighted by molar-refractivity contribution is 5.96. The van der Waals surface area contributed by atoms with Crippen LogP contribution in [0.25, 0.3) is 0 Å². The molecule has 4 heteroatoms. The monoisotopic (exact) mass is 259 g/mol. The van der Waals surface area contributed by atoms with Gasteiger partial charge in [-0.1, -0.05) is 12.1 Å². The van der Waals surface area contributed by atoms with Crippen molar-refractivity contribution in [1.82, 2.24) is 4.98 Å². The van der Waals surface area contributed by atoms with Crippen LogP contribution in [0.2, 0.25) is 0 Å². The third kappa shape index (κ3) is 3.16. The molecule has 0 aliphatic rings. The van der Waals surface area contributed by atoms with Crippen molar-refractivity contribution in [2.45, 2.75) is 12.8 Å². The number of pyridine rings is 1. The van der Waals surface area contributed by atoms with Gasteiger partial charge in [-0.15, -0.1) is 0 Å². The number of ether oxygens (including phenoxy) is 1. The van der Waals surface area contributed by atoms with E-state index in [2.05, 4.69) is 4.98 Å². The first-order valence-electron chi connectivity index (χ1n) is 5.98. The van der Waals surface area contributed by atoms with Gasteiger partial charge in [-0.2, -0.15) is 0 Å². The zero-order chi connectivity index (χ0) is 13.7. The van der Waals surface area contributed by atoms with E-state index in [-0.39, 0.29) is 23.5 Å². The molecule has 3 nitrogen and oxygen atoms in total. The van der Waals surface area contributed by atoms with Gasteiger partial charge in [-0.05, 0) is 30.7 Å². The lowest BCUT2D eigenvalue weighted by molar-refractivity contribution is 0.0978. The van der Waals surface area contributed by atoms with E-state index in [1.165, 1.54) is 19.2 Å². The van der Waals surface area contributed by atoms with Crippen LogP contribution in [0.3, 0.4) is 0 Å². The van der Waals surface area contributed by atoms with Crippen molar-refractivity contribution in [3.05, 3.63) is 59.7 Å². The van der Waals surface area contributed by atoms with E-state index in [4.69, 9.17) is 4.74 Å². The van der Waals surface area contributed by atoms with Crippen LogP contribution in [-0.2, 0) is 6.42 Å². The smallest absolute Gasteiger partial charge is 0.175 e. The fourth-order valence-corrected chi connectivity index (χ4v) is 1.81. The van der Waals surface area contributed by atoms with Crippen molar-refractivity contribution >= 4 is 5.78 Å². The Morgan fingerprint density at radius 1 is 1.26 bits per heavy atom. The molecule has 0 aliphatic carbocycles. The summed E-state index contributed by atoms with van der Waals surface area (Å²) in [5.41, 5.74) is 0.884. The lowest BCUT2D eigenvalue weighted by Gasteiger charge is -2.06. The summed E-state index contributed by atoms with van der Waals surface area (Å²) < 4.78 is 18.7. The third-order valence-electron chi connectivity index (χ3n) is 2.82. The summed E-state index contributed by atoms with van der Waals surface area (Å²) in [6.07, 6.45) is 2.39. The quantitative estimate of drug-likeness (QED) is 0.775. The third-order valence-corrected chi connectivity index (χ3v) is 2.82. The first-order chi connectivity index (χ1) is 9.22. The second kappa shape index (κ2) is 6.09. The van der Waals surface area contributed by atoms with Crippen LogP contribution in [0.1, 0.15) is 22.5 Å². The molecule has 0 saturated carbocycles. The van der Waals surface area contributed by atoms with Crippen LogP contribution in [0.15, 0.2) is 42.6 Å². The second-order valence-electron chi connectivity index (χ2n) is 4.07. The zero-order valence-corrected chi connectivity index (χ0v) is 10.6. The summed E-state index contributed by atoms with van der Waals surface area (Å²) in [6, 6.07) is 10.1. The number of rotatable bonds is 5. The van der Waals surface area contributed by atoms with Gasteiger partial charge < -0.3 is 4.74 Å². The molecule has 1 aromatic heterocycles. The molecular weight excluding hydrogens is 245 g/mol. The van der Waals surface area contributed by atoms with Crippen LogP contribution >= 0.6 is 0 Å². The van der Waals surface area contributed by atoms with Crippen LogP contribution < -0.4 is 4.74 Å².